The van der Waals surface area contributed by atoms with Gasteiger partial charge in [-0.25, -0.2) is 36.7 Å². The summed E-state index contributed by atoms with van der Waals surface area (Å²) < 4.78 is 54.4. The summed E-state index contributed by atoms with van der Waals surface area (Å²) in [5.41, 5.74) is -1.24. The van der Waals surface area contributed by atoms with Crippen molar-refractivity contribution in [2.75, 3.05) is 5.32 Å². The maximum atomic E-state index is 13.2. The zero-order chi connectivity index (χ0) is 21.3. The first-order valence-corrected chi connectivity index (χ1v) is 8.62. The average molecular weight is 419 g/mol. The topological polar surface area (TPSA) is 90.0 Å². The highest BCUT2D eigenvalue weighted by Gasteiger charge is 2.22. The van der Waals surface area contributed by atoms with Crippen molar-refractivity contribution >= 4 is 17.5 Å². The summed E-state index contributed by atoms with van der Waals surface area (Å²) in [5, 5.41) is 10.3. The van der Waals surface area contributed by atoms with Gasteiger partial charge in [0.25, 0.3) is 18.8 Å². The van der Waals surface area contributed by atoms with Gasteiger partial charge in [0.1, 0.15) is 17.7 Å². The Morgan fingerprint density at radius 2 is 1.80 bits per heavy atom. The molecule has 0 fully saturated rings. The van der Waals surface area contributed by atoms with Crippen LogP contribution >= 0.6 is 0 Å². The number of alkyl halides is 4. The average Bonchev–Trinajstić information content (AvgIpc) is 3.34. The molecule has 3 heterocycles. The maximum absolute atomic E-state index is 13.2. The van der Waals surface area contributed by atoms with Gasteiger partial charge in [-0.05, 0) is 11.6 Å². The minimum absolute atomic E-state index is 0.0247. The molecule has 8 nitrogen and oxygen atoms in total. The zero-order valence-electron chi connectivity index (χ0n) is 15.1. The van der Waals surface area contributed by atoms with Crippen molar-refractivity contribution in [1.29, 1.82) is 0 Å². The minimum Gasteiger partial charge on any atom is -0.288 e. The van der Waals surface area contributed by atoms with Crippen molar-refractivity contribution in [1.82, 2.24) is 29.4 Å². The molecule has 3 aromatic heterocycles. The highest BCUT2D eigenvalue weighted by Crippen LogP contribution is 2.25. The van der Waals surface area contributed by atoms with E-state index < -0.39 is 30.1 Å². The van der Waals surface area contributed by atoms with Crippen molar-refractivity contribution in [3.8, 4) is 0 Å². The lowest BCUT2D eigenvalue weighted by molar-refractivity contribution is 0.101. The largest absolute Gasteiger partial charge is 0.288 e. The lowest BCUT2D eigenvalue weighted by atomic mass is 10.2. The van der Waals surface area contributed by atoms with Crippen LogP contribution < -0.4 is 5.32 Å². The number of carbonyl (C=O) groups excluding carboxylic acids is 1. The molecule has 0 spiro atoms. The molecule has 0 bridgehead atoms. The van der Waals surface area contributed by atoms with Crippen LogP contribution in [0.15, 0.2) is 48.8 Å². The van der Waals surface area contributed by atoms with Crippen LogP contribution in [0, 0.1) is 0 Å². The second-order valence-corrected chi connectivity index (χ2v) is 6.21. The first-order valence-electron chi connectivity index (χ1n) is 8.62. The number of carbonyl (C=O) groups is 1. The van der Waals surface area contributed by atoms with Gasteiger partial charge in [0, 0.05) is 6.07 Å². The van der Waals surface area contributed by atoms with Crippen LogP contribution in [0.3, 0.4) is 0 Å². The summed E-state index contributed by atoms with van der Waals surface area (Å²) >= 11 is 0. The zero-order valence-corrected chi connectivity index (χ0v) is 15.1. The van der Waals surface area contributed by atoms with E-state index >= 15 is 0 Å². The van der Waals surface area contributed by atoms with Gasteiger partial charge in [-0.1, -0.05) is 30.3 Å². The Labute approximate surface area is 166 Å². The minimum atomic E-state index is -3.08. The molecular weight excluding hydrogens is 406 g/mol. The Hall–Kier alpha value is -3.83. The number of amides is 1. The summed E-state index contributed by atoms with van der Waals surface area (Å²) in [6.45, 7) is 0.427. The Morgan fingerprint density at radius 3 is 2.50 bits per heavy atom. The fourth-order valence-corrected chi connectivity index (χ4v) is 2.76. The molecule has 4 aromatic rings. The Balaban J connectivity index is 1.56. The van der Waals surface area contributed by atoms with Gasteiger partial charge in [0.2, 0.25) is 5.95 Å². The predicted octanol–water partition coefficient (Wildman–Crippen LogP) is 3.50. The van der Waals surface area contributed by atoms with Gasteiger partial charge in [-0.15, -0.1) is 5.10 Å². The molecule has 1 amide bonds. The fraction of sp³-hybridized carbons (Fsp3) is 0.167. The van der Waals surface area contributed by atoms with E-state index in [1.165, 1.54) is 11.0 Å². The molecule has 0 saturated carbocycles. The van der Waals surface area contributed by atoms with E-state index in [9.17, 15) is 22.4 Å². The normalized spacial score (nSPS) is 11.5. The second kappa shape index (κ2) is 7.89. The van der Waals surface area contributed by atoms with Crippen molar-refractivity contribution in [2.24, 2.45) is 0 Å². The Bertz CT molecular complexity index is 1190. The number of nitrogens with zero attached hydrogens (tertiary/aromatic N) is 6. The molecule has 0 unspecified atom stereocenters. The summed E-state index contributed by atoms with van der Waals surface area (Å²) in [6.07, 6.45) is -4.71. The molecule has 0 saturated heterocycles. The number of fused-ring (bicyclic) bond motifs is 1. The first kappa shape index (κ1) is 19.5. The lowest BCUT2D eigenvalue weighted by Gasteiger charge is -2.06. The summed E-state index contributed by atoms with van der Waals surface area (Å²) in [5.74, 6) is -0.819. The third-order valence-electron chi connectivity index (χ3n) is 4.10. The summed E-state index contributed by atoms with van der Waals surface area (Å²) in [4.78, 5) is 20.0. The van der Waals surface area contributed by atoms with E-state index in [1.54, 1.807) is 0 Å². The van der Waals surface area contributed by atoms with Crippen molar-refractivity contribution in [3.05, 3.63) is 71.4 Å². The standard InChI is InChI=1S/C18H13F4N7O/c19-15(20)11-6-13(16(21)22)29-14(24-11)7-12(26-29)17(30)25-18-23-9-28(27-18)8-10-4-2-1-3-5-10/h1-7,9,15-16H,8H2,(H,25,27,30). The number of benzene rings is 1. The number of halogens is 4. The first-order chi connectivity index (χ1) is 14.4. The molecule has 0 aliphatic rings. The molecule has 4 rings (SSSR count). The fourth-order valence-electron chi connectivity index (χ4n) is 2.76. The van der Waals surface area contributed by atoms with Crippen LogP contribution in [0.1, 0.15) is 40.3 Å². The highest BCUT2D eigenvalue weighted by atomic mass is 19.3. The Kier molecular flexibility index (Phi) is 5.12. The molecule has 0 atom stereocenters. The van der Waals surface area contributed by atoms with Crippen molar-refractivity contribution < 1.29 is 22.4 Å². The van der Waals surface area contributed by atoms with E-state index in [4.69, 9.17) is 0 Å². The van der Waals surface area contributed by atoms with Crippen molar-refractivity contribution in [3.63, 3.8) is 0 Å². The van der Waals surface area contributed by atoms with E-state index in [0.29, 0.717) is 17.1 Å². The number of hydrogen-bond acceptors (Lipinski definition) is 5. The van der Waals surface area contributed by atoms with Crippen LogP contribution in [0.5, 0.6) is 0 Å². The molecule has 30 heavy (non-hydrogen) atoms. The Morgan fingerprint density at radius 1 is 1.03 bits per heavy atom. The molecule has 0 aliphatic carbocycles. The molecule has 0 radical (unpaired) electrons. The summed E-state index contributed by atoms with van der Waals surface area (Å²) in [7, 11) is 0. The van der Waals surface area contributed by atoms with E-state index in [0.717, 1.165) is 11.6 Å². The molecule has 12 heteroatoms. The smallest absolute Gasteiger partial charge is 0.280 e. The maximum Gasteiger partial charge on any atom is 0.280 e. The van der Waals surface area contributed by atoms with Gasteiger partial charge >= 0.3 is 0 Å². The van der Waals surface area contributed by atoms with Gasteiger partial charge in [0.15, 0.2) is 11.3 Å². The monoisotopic (exact) mass is 419 g/mol. The van der Waals surface area contributed by atoms with Gasteiger partial charge in [0.05, 0.1) is 6.54 Å². The van der Waals surface area contributed by atoms with Crippen LogP contribution in [0.4, 0.5) is 23.5 Å². The third kappa shape index (κ3) is 3.97. The van der Waals surface area contributed by atoms with Crippen LogP contribution in [-0.4, -0.2) is 35.3 Å². The molecule has 1 aromatic carbocycles. The number of anilines is 1. The van der Waals surface area contributed by atoms with Gasteiger partial charge in [-0.3, -0.25) is 10.1 Å². The number of nitrogens with one attached hydrogen (secondary N) is 1. The van der Waals surface area contributed by atoms with Crippen LogP contribution in [-0.2, 0) is 6.54 Å². The number of rotatable bonds is 6. The third-order valence-corrected chi connectivity index (χ3v) is 4.10. The lowest BCUT2D eigenvalue weighted by Crippen LogP contribution is -2.14. The van der Waals surface area contributed by atoms with Crippen molar-refractivity contribution in [2.45, 2.75) is 19.4 Å². The van der Waals surface area contributed by atoms with Gasteiger partial charge in [-0.2, -0.15) is 5.10 Å². The predicted molar refractivity (Wildman–Crippen MR) is 96.4 cm³/mol. The SMILES string of the molecule is O=C(Nc1ncn(Cc2ccccc2)n1)c1cc2nc(C(F)F)cc(C(F)F)n2n1. The molecular formula is C18H13F4N7O. The van der Waals surface area contributed by atoms with E-state index in [2.05, 4.69) is 25.5 Å². The quantitative estimate of drug-likeness (QED) is 0.483. The van der Waals surface area contributed by atoms with Crippen LogP contribution in [0.2, 0.25) is 0 Å². The number of hydrogen-bond donors (Lipinski definition) is 1. The van der Waals surface area contributed by atoms with E-state index in [-0.39, 0.29) is 17.3 Å². The van der Waals surface area contributed by atoms with Crippen LogP contribution in [0.25, 0.3) is 5.65 Å². The highest BCUT2D eigenvalue weighted by molar-refractivity contribution is 6.02. The van der Waals surface area contributed by atoms with Gasteiger partial charge < -0.3 is 0 Å². The molecule has 1 N–H and O–H groups in total. The molecule has 154 valence electrons. The second-order valence-electron chi connectivity index (χ2n) is 6.21. The van der Waals surface area contributed by atoms with E-state index in [1.807, 2.05) is 30.3 Å². The molecule has 0 aliphatic heterocycles. The number of aromatic nitrogens is 6. The summed E-state index contributed by atoms with van der Waals surface area (Å²) in [6, 6.07) is 11.0.